The maximum Gasteiger partial charge on any atom is 0.254 e. The lowest BCUT2D eigenvalue weighted by atomic mass is 9.98. The molecule has 0 bridgehead atoms. The molecule has 3 nitrogen and oxygen atoms in total. The van der Waals surface area contributed by atoms with Gasteiger partial charge in [0.1, 0.15) is 0 Å². The molecular formula is C23H20N2O. The summed E-state index contributed by atoms with van der Waals surface area (Å²) < 4.78 is 0. The number of pyridine rings is 1. The zero-order chi connectivity index (χ0) is 17.8. The van der Waals surface area contributed by atoms with Gasteiger partial charge in [0.05, 0.1) is 6.04 Å². The normalized spacial score (nSPS) is 18.2. The van der Waals surface area contributed by atoms with E-state index in [1.54, 1.807) is 6.20 Å². The first-order valence-electron chi connectivity index (χ1n) is 8.84. The summed E-state index contributed by atoms with van der Waals surface area (Å²) in [5.74, 6) is 0.0657. The quantitative estimate of drug-likeness (QED) is 0.689. The Bertz CT molecular complexity index is 905. The summed E-state index contributed by atoms with van der Waals surface area (Å²) in [4.78, 5) is 19.3. The fourth-order valence-electron chi connectivity index (χ4n) is 3.53. The fraction of sp³-hybridized carbons (Fsp3) is 0.130. The molecule has 0 aliphatic carbocycles. The standard InChI is InChI=1S/C23H20N2O/c26-23(19-10-5-2-6-11-19)25-15-13-20(16-18-8-3-1-4-9-18)22(25)21-12-7-14-24-17-21/h1-12,14,16-17,22H,13,15H2/b20-16-. The number of benzene rings is 2. The topological polar surface area (TPSA) is 33.2 Å². The Balaban J connectivity index is 1.73. The van der Waals surface area contributed by atoms with Crippen LogP contribution in [0.15, 0.2) is 90.8 Å². The van der Waals surface area contributed by atoms with E-state index >= 15 is 0 Å². The molecule has 1 aliphatic heterocycles. The van der Waals surface area contributed by atoms with Crippen LogP contribution in [0.2, 0.25) is 0 Å². The van der Waals surface area contributed by atoms with Crippen molar-refractivity contribution < 1.29 is 4.79 Å². The van der Waals surface area contributed by atoms with Crippen LogP contribution in [0.5, 0.6) is 0 Å². The van der Waals surface area contributed by atoms with E-state index in [1.807, 2.05) is 71.8 Å². The van der Waals surface area contributed by atoms with Gasteiger partial charge in [-0.3, -0.25) is 9.78 Å². The average Bonchev–Trinajstić information content (AvgIpc) is 3.13. The molecule has 1 atom stereocenters. The molecule has 0 spiro atoms. The number of aromatic nitrogens is 1. The van der Waals surface area contributed by atoms with Gasteiger partial charge in [0.15, 0.2) is 0 Å². The third-order valence-electron chi connectivity index (χ3n) is 4.74. The van der Waals surface area contributed by atoms with Gasteiger partial charge in [0.25, 0.3) is 5.91 Å². The van der Waals surface area contributed by atoms with Gasteiger partial charge in [-0.1, -0.05) is 60.7 Å². The van der Waals surface area contributed by atoms with Gasteiger partial charge in [0.2, 0.25) is 0 Å². The monoisotopic (exact) mass is 340 g/mol. The second-order valence-electron chi connectivity index (χ2n) is 6.43. The molecular weight excluding hydrogens is 320 g/mol. The highest BCUT2D eigenvalue weighted by Gasteiger charge is 2.34. The van der Waals surface area contributed by atoms with Crippen molar-refractivity contribution >= 4 is 12.0 Å². The minimum atomic E-state index is -0.0726. The first kappa shape index (κ1) is 16.3. The molecule has 3 aromatic rings. The Morgan fingerprint density at radius 3 is 2.38 bits per heavy atom. The maximum absolute atomic E-state index is 13.1. The Labute approximate surface area is 153 Å². The molecule has 1 aliphatic rings. The lowest BCUT2D eigenvalue weighted by molar-refractivity contribution is 0.0746. The summed E-state index contributed by atoms with van der Waals surface area (Å²) in [6.07, 6.45) is 6.70. The molecule has 128 valence electrons. The zero-order valence-electron chi connectivity index (χ0n) is 14.5. The van der Waals surface area contributed by atoms with Crippen molar-refractivity contribution in [2.24, 2.45) is 0 Å². The van der Waals surface area contributed by atoms with Crippen LogP contribution in [0, 0.1) is 0 Å². The summed E-state index contributed by atoms with van der Waals surface area (Å²) >= 11 is 0. The third-order valence-corrected chi connectivity index (χ3v) is 4.74. The SMILES string of the molecule is O=C(c1ccccc1)N1CC/C(=C/c2ccccc2)C1c1cccnc1. The van der Waals surface area contributed by atoms with Gasteiger partial charge in [0, 0.05) is 24.5 Å². The number of carbonyl (C=O) groups is 1. The van der Waals surface area contributed by atoms with E-state index in [4.69, 9.17) is 0 Å². The van der Waals surface area contributed by atoms with E-state index in [-0.39, 0.29) is 11.9 Å². The van der Waals surface area contributed by atoms with E-state index in [9.17, 15) is 4.79 Å². The van der Waals surface area contributed by atoms with Crippen LogP contribution in [-0.4, -0.2) is 22.3 Å². The van der Waals surface area contributed by atoms with Crippen molar-refractivity contribution in [3.8, 4) is 0 Å². The molecule has 1 aromatic heterocycles. The van der Waals surface area contributed by atoms with E-state index in [0.29, 0.717) is 6.54 Å². The molecule has 1 amide bonds. The van der Waals surface area contributed by atoms with Crippen molar-refractivity contribution in [1.29, 1.82) is 0 Å². The molecule has 0 saturated carbocycles. The van der Waals surface area contributed by atoms with Crippen molar-refractivity contribution in [3.05, 3.63) is 107 Å². The highest BCUT2D eigenvalue weighted by molar-refractivity contribution is 5.95. The van der Waals surface area contributed by atoms with Crippen LogP contribution in [-0.2, 0) is 0 Å². The number of rotatable bonds is 3. The van der Waals surface area contributed by atoms with Gasteiger partial charge in [-0.2, -0.15) is 0 Å². The highest BCUT2D eigenvalue weighted by Crippen LogP contribution is 2.38. The van der Waals surface area contributed by atoms with Gasteiger partial charge < -0.3 is 4.90 Å². The molecule has 26 heavy (non-hydrogen) atoms. The highest BCUT2D eigenvalue weighted by atomic mass is 16.2. The molecule has 0 N–H and O–H groups in total. The molecule has 3 heteroatoms. The zero-order valence-corrected chi connectivity index (χ0v) is 14.5. The molecule has 2 heterocycles. The maximum atomic E-state index is 13.1. The largest absolute Gasteiger partial charge is 0.327 e. The molecule has 1 unspecified atom stereocenters. The molecule has 4 rings (SSSR count). The first-order valence-corrected chi connectivity index (χ1v) is 8.84. The average molecular weight is 340 g/mol. The minimum Gasteiger partial charge on any atom is -0.327 e. The summed E-state index contributed by atoms with van der Waals surface area (Å²) in [6, 6.07) is 23.7. The summed E-state index contributed by atoms with van der Waals surface area (Å²) in [7, 11) is 0. The smallest absolute Gasteiger partial charge is 0.254 e. The van der Waals surface area contributed by atoms with Crippen molar-refractivity contribution in [3.63, 3.8) is 0 Å². The number of amides is 1. The third kappa shape index (κ3) is 3.29. The van der Waals surface area contributed by atoms with E-state index in [2.05, 4.69) is 23.2 Å². The van der Waals surface area contributed by atoms with E-state index in [1.165, 1.54) is 5.57 Å². The molecule has 0 radical (unpaired) electrons. The Morgan fingerprint density at radius 1 is 0.962 bits per heavy atom. The van der Waals surface area contributed by atoms with Gasteiger partial charge in [-0.15, -0.1) is 0 Å². The summed E-state index contributed by atoms with van der Waals surface area (Å²) in [5.41, 5.74) is 4.18. The predicted octanol–water partition coefficient (Wildman–Crippen LogP) is 4.75. The fourth-order valence-corrected chi connectivity index (χ4v) is 3.53. The van der Waals surface area contributed by atoms with Gasteiger partial charge in [-0.25, -0.2) is 0 Å². The summed E-state index contributed by atoms with van der Waals surface area (Å²) in [6.45, 7) is 0.714. The van der Waals surface area contributed by atoms with Crippen LogP contribution in [0.4, 0.5) is 0 Å². The Hall–Kier alpha value is -3.20. The number of likely N-dealkylation sites (tertiary alicyclic amines) is 1. The molecule has 1 saturated heterocycles. The first-order chi connectivity index (χ1) is 12.8. The molecule has 1 fully saturated rings. The van der Waals surface area contributed by atoms with Crippen LogP contribution in [0.25, 0.3) is 6.08 Å². The van der Waals surface area contributed by atoms with Crippen LogP contribution in [0.1, 0.15) is 33.9 Å². The minimum absolute atomic E-state index is 0.0657. The second kappa shape index (κ2) is 7.36. The number of hydrogen-bond donors (Lipinski definition) is 0. The number of hydrogen-bond acceptors (Lipinski definition) is 2. The Morgan fingerprint density at radius 2 is 1.69 bits per heavy atom. The van der Waals surface area contributed by atoms with Crippen molar-refractivity contribution in [1.82, 2.24) is 9.88 Å². The number of nitrogens with zero attached hydrogens (tertiary/aromatic N) is 2. The lowest BCUT2D eigenvalue weighted by Crippen LogP contribution is -2.30. The number of carbonyl (C=O) groups excluding carboxylic acids is 1. The van der Waals surface area contributed by atoms with Gasteiger partial charge in [-0.05, 0) is 41.3 Å². The van der Waals surface area contributed by atoms with Gasteiger partial charge >= 0.3 is 0 Å². The van der Waals surface area contributed by atoms with Crippen LogP contribution < -0.4 is 0 Å². The van der Waals surface area contributed by atoms with E-state index in [0.717, 1.165) is 23.1 Å². The van der Waals surface area contributed by atoms with Crippen molar-refractivity contribution in [2.45, 2.75) is 12.5 Å². The predicted molar refractivity (Wildman–Crippen MR) is 103 cm³/mol. The van der Waals surface area contributed by atoms with E-state index < -0.39 is 0 Å². The Kier molecular flexibility index (Phi) is 4.61. The second-order valence-corrected chi connectivity index (χ2v) is 6.43. The molecule has 2 aromatic carbocycles. The van der Waals surface area contributed by atoms with Crippen LogP contribution >= 0.6 is 0 Å². The van der Waals surface area contributed by atoms with Crippen molar-refractivity contribution in [2.75, 3.05) is 6.54 Å². The summed E-state index contributed by atoms with van der Waals surface area (Å²) in [5, 5.41) is 0. The van der Waals surface area contributed by atoms with Crippen LogP contribution in [0.3, 0.4) is 0 Å². The lowest BCUT2D eigenvalue weighted by Gasteiger charge is -2.26.